The Hall–Kier alpha value is -2.69. The lowest BCUT2D eigenvalue weighted by Gasteiger charge is -2.35. The number of ether oxygens (including phenoxy) is 1. The van der Waals surface area contributed by atoms with E-state index in [1.54, 1.807) is 6.20 Å². The largest absolute Gasteiger partial charge is 0.495 e. The molecule has 2 N–H and O–H groups in total. The molecule has 10 nitrogen and oxygen atoms in total. The Kier molecular flexibility index (Phi) is 7.94. The van der Waals surface area contributed by atoms with Crippen molar-refractivity contribution >= 4 is 29.7 Å². The lowest BCUT2D eigenvalue weighted by atomic mass is 10.1. The molecule has 0 radical (unpaired) electrons. The number of nitro groups is 1. The second-order valence-electron chi connectivity index (χ2n) is 6.59. The first-order valence-electron chi connectivity index (χ1n) is 9.04. The molecule has 0 saturated carbocycles. The molecule has 1 aliphatic rings. The van der Waals surface area contributed by atoms with E-state index in [1.807, 2.05) is 17.8 Å². The third kappa shape index (κ3) is 5.43. The predicted octanol–water partition coefficient (Wildman–Crippen LogP) is 1.73. The summed E-state index contributed by atoms with van der Waals surface area (Å²) in [6.45, 7) is 2.99. The van der Waals surface area contributed by atoms with Crippen molar-refractivity contribution in [2.75, 3.05) is 38.6 Å². The number of imidazole rings is 1. The van der Waals surface area contributed by atoms with Crippen molar-refractivity contribution in [3.05, 3.63) is 46.5 Å². The van der Waals surface area contributed by atoms with Gasteiger partial charge in [0, 0.05) is 64.2 Å². The van der Waals surface area contributed by atoms with Gasteiger partial charge in [-0.2, -0.15) is 0 Å². The van der Waals surface area contributed by atoms with Crippen LogP contribution in [0.3, 0.4) is 0 Å². The van der Waals surface area contributed by atoms with Gasteiger partial charge in [0.2, 0.25) is 5.91 Å². The molecule has 2 aromatic rings. The van der Waals surface area contributed by atoms with Crippen molar-refractivity contribution in [2.24, 2.45) is 7.05 Å². The molecule has 1 aliphatic heterocycles. The van der Waals surface area contributed by atoms with Crippen LogP contribution >= 0.6 is 12.4 Å². The minimum Gasteiger partial charge on any atom is -0.495 e. The predicted molar refractivity (Wildman–Crippen MR) is 111 cm³/mol. The number of nitrogens with zero attached hydrogens (tertiary/aromatic N) is 4. The van der Waals surface area contributed by atoms with Crippen LogP contribution in [0.4, 0.5) is 11.4 Å². The van der Waals surface area contributed by atoms with Crippen molar-refractivity contribution in [2.45, 2.75) is 12.5 Å². The number of hydrogen-bond donors (Lipinski definition) is 2. The number of halogens is 1. The van der Waals surface area contributed by atoms with Gasteiger partial charge in [0.05, 0.1) is 23.8 Å². The van der Waals surface area contributed by atoms with Gasteiger partial charge >= 0.3 is 0 Å². The SMILES string of the molecule is COc1ccc([N+](=O)[O-])cc1NC(=O)CCN1CCNCC1c1nccn1C.Cl. The Morgan fingerprint density at radius 3 is 2.93 bits per heavy atom. The van der Waals surface area contributed by atoms with Crippen LogP contribution in [0.5, 0.6) is 5.75 Å². The zero-order chi connectivity index (χ0) is 20.1. The highest BCUT2D eigenvalue weighted by molar-refractivity contribution is 5.92. The van der Waals surface area contributed by atoms with Crippen molar-refractivity contribution in [1.29, 1.82) is 0 Å². The van der Waals surface area contributed by atoms with Gasteiger partial charge < -0.3 is 19.9 Å². The summed E-state index contributed by atoms with van der Waals surface area (Å²) in [5, 5.41) is 17.1. The molecule has 1 aromatic carbocycles. The molecule has 2 heterocycles. The number of non-ortho nitro benzene ring substituents is 1. The van der Waals surface area contributed by atoms with Gasteiger partial charge in [-0.05, 0) is 6.07 Å². The van der Waals surface area contributed by atoms with Gasteiger partial charge in [0.15, 0.2) is 0 Å². The summed E-state index contributed by atoms with van der Waals surface area (Å²) in [5.41, 5.74) is 0.190. The number of carbonyl (C=O) groups is 1. The molecule has 1 fully saturated rings. The summed E-state index contributed by atoms with van der Waals surface area (Å²) in [6.07, 6.45) is 3.93. The fraction of sp³-hybridized carbons (Fsp3) is 0.444. The molecule has 0 aliphatic carbocycles. The number of aromatic nitrogens is 2. The first-order chi connectivity index (χ1) is 13.5. The highest BCUT2D eigenvalue weighted by atomic mass is 35.5. The standard InChI is InChI=1S/C18H24N6O4.ClH/c1-22-9-7-20-18(22)15-12-19-6-10-23(15)8-5-17(25)21-14-11-13(24(26)27)3-4-16(14)28-2;/h3-4,7,9,11,15,19H,5-6,8,10,12H2,1-2H3,(H,21,25);1H. The number of benzene rings is 1. The van der Waals surface area contributed by atoms with E-state index in [0.717, 1.165) is 25.5 Å². The van der Waals surface area contributed by atoms with Gasteiger partial charge in [-0.15, -0.1) is 12.4 Å². The summed E-state index contributed by atoms with van der Waals surface area (Å²) in [6, 6.07) is 4.21. The Balaban J connectivity index is 0.00000300. The molecule has 0 bridgehead atoms. The summed E-state index contributed by atoms with van der Waals surface area (Å²) in [5.74, 6) is 1.11. The van der Waals surface area contributed by atoms with Crippen LogP contribution in [-0.4, -0.2) is 58.6 Å². The molecule has 158 valence electrons. The quantitative estimate of drug-likeness (QED) is 0.513. The van der Waals surface area contributed by atoms with Crippen LogP contribution in [0.1, 0.15) is 18.3 Å². The second-order valence-corrected chi connectivity index (χ2v) is 6.59. The number of hydrogen-bond acceptors (Lipinski definition) is 7. The molecule has 1 amide bonds. The summed E-state index contributed by atoms with van der Waals surface area (Å²) in [7, 11) is 3.41. The van der Waals surface area contributed by atoms with E-state index in [4.69, 9.17) is 4.74 Å². The smallest absolute Gasteiger partial charge is 0.271 e. The summed E-state index contributed by atoms with van der Waals surface area (Å²) in [4.78, 5) is 29.6. The molecule has 1 aromatic heterocycles. The minimum absolute atomic E-state index is 0. The van der Waals surface area contributed by atoms with Crippen molar-refractivity contribution in [3.8, 4) is 5.75 Å². The molecule has 1 unspecified atom stereocenters. The maximum atomic E-state index is 12.5. The van der Waals surface area contributed by atoms with E-state index in [2.05, 4.69) is 20.5 Å². The monoisotopic (exact) mass is 424 g/mol. The van der Waals surface area contributed by atoms with Crippen LogP contribution in [0, 0.1) is 10.1 Å². The lowest BCUT2D eigenvalue weighted by Crippen LogP contribution is -2.47. The molecular weight excluding hydrogens is 400 g/mol. The molecule has 11 heteroatoms. The third-order valence-electron chi connectivity index (χ3n) is 4.80. The van der Waals surface area contributed by atoms with Gasteiger partial charge in [0.1, 0.15) is 11.6 Å². The number of amides is 1. The zero-order valence-electron chi connectivity index (χ0n) is 16.3. The van der Waals surface area contributed by atoms with E-state index in [9.17, 15) is 14.9 Å². The molecule has 1 saturated heterocycles. The van der Waals surface area contributed by atoms with Crippen LogP contribution < -0.4 is 15.4 Å². The Bertz CT molecular complexity index is 859. The fourth-order valence-electron chi connectivity index (χ4n) is 3.33. The van der Waals surface area contributed by atoms with Crippen LogP contribution in [0.25, 0.3) is 0 Å². The highest BCUT2D eigenvalue weighted by Crippen LogP contribution is 2.29. The Morgan fingerprint density at radius 1 is 1.48 bits per heavy atom. The lowest BCUT2D eigenvalue weighted by molar-refractivity contribution is -0.384. The average molecular weight is 425 g/mol. The Labute approximate surface area is 174 Å². The maximum Gasteiger partial charge on any atom is 0.271 e. The fourth-order valence-corrected chi connectivity index (χ4v) is 3.33. The molecule has 1 atom stereocenters. The number of carbonyl (C=O) groups excluding carboxylic acids is 1. The minimum atomic E-state index is -0.507. The maximum absolute atomic E-state index is 12.5. The molecular formula is C18H25ClN6O4. The number of nitrogens with one attached hydrogen (secondary N) is 2. The molecule has 29 heavy (non-hydrogen) atoms. The average Bonchev–Trinajstić information content (AvgIpc) is 3.12. The van der Waals surface area contributed by atoms with E-state index in [1.165, 1.54) is 25.3 Å². The van der Waals surface area contributed by atoms with Crippen molar-refractivity contribution in [3.63, 3.8) is 0 Å². The van der Waals surface area contributed by atoms with E-state index in [-0.39, 0.29) is 36.5 Å². The van der Waals surface area contributed by atoms with Crippen molar-refractivity contribution < 1.29 is 14.5 Å². The van der Waals surface area contributed by atoms with Gasteiger partial charge in [0.25, 0.3) is 5.69 Å². The van der Waals surface area contributed by atoms with Gasteiger partial charge in [-0.25, -0.2) is 4.98 Å². The topological polar surface area (TPSA) is 115 Å². The highest BCUT2D eigenvalue weighted by Gasteiger charge is 2.27. The van der Waals surface area contributed by atoms with Crippen LogP contribution in [0.15, 0.2) is 30.6 Å². The van der Waals surface area contributed by atoms with E-state index < -0.39 is 4.92 Å². The van der Waals surface area contributed by atoms with Crippen LogP contribution in [-0.2, 0) is 11.8 Å². The normalized spacial score (nSPS) is 16.7. The number of aryl methyl sites for hydroxylation is 1. The molecule has 3 rings (SSSR count). The zero-order valence-corrected chi connectivity index (χ0v) is 17.1. The number of anilines is 1. The number of piperazine rings is 1. The van der Waals surface area contributed by atoms with Gasteiger partial charge in [-0.3, -0.25) is 19.8 Å². The number of rotatable bonds is 7. The first-order valence-corrected chi connectivity index (χ1v) is 9.04. The number of methoxy groups -OCH3 is 1. The summed E-state index contributed by atoms with van der Waals surface area (Å²) >= 11 is 0. The van der Waals surface area contributed by atoms with Crippen molar-refractivity contribution in [1.82, 2.24) is 19.8 Å². The number of nitro benzene ring substituents is 1. The van der Waals surface area contributed by atoms with E-state index >= 15 is 0 Å². The van der Waals surface area contributed by atoms with Crippen LogP contribution in [0.2, 0.25) is 0 Å². The summed E-state index contributed by atoms with van der Waals surface area (Å²) < 4.78 is 7.17. The molecule has 0 spiro atoms. The third-order valence-corrected chi connectivity index (χ3v) is 4.80. The second kappa shape index (κ2) is 10.2. The van der Waals surface area contributed by atoms with Gasteiger partial charge in [-0.1, -0.05) is 0 Å². The Morgan fingerprint density at radius 2 is 2.28 bits per heavy atom. The van der Waals surface area contributed by atoms with E-state index in [0.29, 0.717) is 18.0 Å². The first kappa shape index (κ1) is 22.6.